The number of aryl methyl sites for hydroxylation is 1. The predicted octanol–water partition coefficient (Wildman–Crippen LogP) is 3.25. The second-order valence-corrected chi connectivity index (χ2v) is 5.09. The molecule has 0 aliphatic heterocycles. The standard InChI is InChI=1S/C14H17F3N2O/c1-3-18-11-5-4-10(8-9(11)2)12(20)19-13(6-7-13)14(15,16)17/h4-5,8,18H,3,6-7H2,1-2H3,(H,19,20). The van der Waals surface area contributed by atoms with E-state index in [1.54, 1.807) is 12.1 Å². The smallest absolute Gasteiger partial charge is 0.385 e. The molecule has 0 heterocycles. The van der Waals surface area contributed by atoms with Gasteiger partial charge in [0.2, 0.25) is 0 Å². The van der Waals surface area contributed by atoms with Crippen LogP contribution in [-0.2, 0) is 0 Å². The van der Waals surface area contributed by atoms with Gasteiger partial charge in [-0.1, -0.05) is 0 Å². The zero-order valence-corrected chi connectivity index (χ0v) is 11.4. The van der Waals surface area contributed by atoms with Gasteiger partial charge in [-0.05, 0) is 50.5 Å². The Morgan fingerprint density at radius 3 is 2.45 bits per heavy atom. The Hall–Kier alpha value is -1.72. The van der Waals surface area contributed by atoms with E-state index < -0.39 is 17.6 Å². The van der Waals surface area contributed by atoms with Gasteiger partial charge in [-0.15, -0.1) is 0 Å². The summed E-state index contributed by atoms with van der Waals surface area (Å²) in [6.45, 7) is 4.50. The monoisotopic (exact) mass is 286 g/mol. The number of nitrogens with one attached hydrogen (secondary N) is 2. The normalized spacial score (nSPS) is 16.6. The largest absolute Gasteiger partial charge is 0.411 e. The molecule has 0 spiro atoms. The second-order valence-electron chi connectivity index (χ2n) is 5.09. The summed E-state index contributed by atoms with van der Waals surface area (Å²) in [6.07, 6.45) is -4.48. The quantitative estimate of drug-likeness (QED) is 0.892. The Morgan fingerprint density at radius 2 is 2.00 bits per heavy atom. The molecule has 0 aromatic heterocycles. The summed E-state index contributed by atoms with van der Waals surface area (Å²) in [5.41, 5.74) is -0.0600. The molecule has 1 aromatic carbocycles. The summed E-state index contributed by atoms with van der Waals surface area (Å²) in [7, 11) is 0. The fourth-order valence-corrected chi connectivity index (χ4v) is 2.09. The van der Waals surface area contributed by atoms with E-state index in [-0.39, 0.29) is 18.4 Å². The molecule has 1 fully saturated rings. The molecule has 1 amide bonds. The maximum Gasteiger partial charge on any atom is 0.411 e. The SMILES string of the molecule is CCNc1ccc(C(=O)NC2(C(F)(F)F)CC2)cc1C. The van der Waals surface area contributed by atoms with Crippen molar-refractivity contribution >= 4 is 11.6 Å². The fraction of sp³-hybridized carbons (Fsp3) is 0.500. The van der Waals surface area contributed by atoms with Crippen molar-refractivity contribution in [2.24, 2.45) is 0 Å². The van der Waals surface area contributed by atoms with Crippen molar-refractivity contribution in [3.05, 3.63) is 29.3 Å². The van der Waals surface area contributed by atoms with E-state index in [4.69, 9.17) is 0 Å². The van der Waals surface area contributed by atoms with Crippen LogP contribution in [0.15, 0.2) is 18.2 Å². The van der Waals surface area contributed by atoms with E-state index in [1.807, 2.05) is 13.8 Å². The predicted molar refractivity (Wildman–Crippen MR) is 70.8 cm³/mol. The minimum atomic E-state index is -4.39. The second kappa shape index (κ2) is 5.00. The van der Waals surface area contributed by atoms with Crippen molar-refractivity contribution in [1.82, 2.24) is 5.32 Å². The number of hydrogen-bond acceptors (Lipinski definition) is 2. The van der Waals surface area contributed by atoms with Gasteiger partial charge in [0.1, 0.15) is 5.54 Å². The summed E-state index contributed by atoms with van der Waals surface area (Å²) in [6, 6.07) is 4.84. The van der Waals surface area contributed by atoms with Gasteiger partial charge >= 0.3 is 6.18 Å². The number of alkyl halides is 3. The molecular weight excluding hydrogens is 269 g/mol. The van der Waals surface area contributed by atoms with Crippen LogP contribution in [0.3, 0.4) is 0 Å². The van der Waals surface area contributed by atoms with Gasteiger partial charge in [0.05, 0.1) is 0 Å². The molecular formula is C14H17F3N2O. The van der Waals surface area contributed by atoms with Crippen LogP contribution in [0.5, 0.6) is 0 Å². The number of rotatable bonds is 4. The topological polar surface area (TPSA) is 41.1 Å². The highest BCUT2D eigenvalue weighted by Gasteiger charge is 2.64. The summed E-state index contributed by atoms with van der Waals surface area (Å²) in [5.74, 6) is -0.675. The Morgan fingerprint density at radius 1 is 1.35 bits per heavy atom. The van der Waals surface area contributed by atoms with Crippen molar-refractivity contribution < 1.29 is 18.0 Å². The average molecular weight is 286 g/mol. The van der Waals surface area contributed by atoms with E-state index in [0.717, 1.165) is 17.8 Å². The van der Waals surface area contributed by atoms with Gasteiger partial charge in [-0.3, -0.25) is 4.79 Å². The lowest BCUT2D eigenvalue weighted by Gasteiger charge is -2.21. The van der Waals surface area contributed by atoms with E-state index >= 15 is 0 Å². The summed E-state index contributed by atoms with van der Waals surface area (Å²) in [4.78, 5) is 11.9. The van der Waals surface area contributed by atoms with Gasteiger partial charge in [0, 0.05) is 17.8 Å². The van der Waals surface area contributed by atoms with Crippen molar-refractivity contribution in [2.45, 2.75) is 38.4 Å². The van der Waals surface area contributed by atoms with Crippen molar-refractivity contribution in [2.75, 3.05) is 11.9 Å². The lowest BCUT2D eigenvalue weighted by molar-refractivity contribution is -0.163. The zero-order valence-electron chi connectivity index (χ0n) is 11.4. The Bertz CT molecular complexity index is 522. The molecule has 0 radical (unpaired) electrons. The Kier molecular flexibility index (Phi) is 3.67. The van der Waals surface area contributed by atoms with E-state index in [0.29, 0.717) is 0 Å². The van der Waals surface area contributed by atoms with Crippen molar-refractivity contribution in [3.63, 3.8) is 0 Å². The molecule has 1 aromatic rings. The number of benzene rings is 1. The van der Waals surface area contributed by atoms with E-state index in [1.165, 1.54) is 6.07 Å². The molecule has 0 saturated heterocycles. The zero-order chi connectivity index (χ0) is 15.0. The Balaban J connectivity index is 2.13. The van der Waals surface area contributed by atoms with Crippen molar-refractivity contribution in [1.29, 1.82) is 0 Å². The van der Waals surface area contributed by atoms with Crippen LogP contribution in [-0.4, -0.2) is 24.2 Å². The number of carbonyl (C=O) groups is 1. The number of halogens is 3. The van der Waals surface area contributed by atoms with Gasteiger partial charge in [-0.25, -0.2) is 0 Å². The molecule has 1 aliphatic carbocycles. The fourth-order valence-electron chi connectivity index (χ4n) is 2.09. The molecule has 6 heteroatoms. The maximum absolute atomic E-state index is 12.8. The van der Waals surface area contributed by atoms with Gasteiger partial charge in [-0.2, -0.15) is 13.2 Å². The first kappa shape index (κ1) is 14.7. The average Bonchev–Trinajstić information content (AvgIpc) is 3.12. The van der Waals surface area contributed by atoms with Gasteiger partial charge in [0.15, 0.2) is 0 Å². The van der Waals surface area contributed by atoms with Crippen LogP contribution in [0.1, 0.15) is 35.7 Å². The molecule has 1 aliphatic rings. The molecule has 20 heavy (non-hydrogen) atoms. The lowest BCUT2D eigenvalue weighted by Crippen LogP contribution is -2.47. The highest BCUT2D eigenvalue weighted by atomic mass is 19.4. The third-order valence-corrected chi connectivity index (χ3v) is 3.50. The summed E-state index contributed by atoms with van der Waals surface area (Å²) in [5, 5.41) is 5.23. The summed E-state index contributed by atoms with van der Waals surface area (Å²) < 4.78 is 38.4. The number of anilines is 1. The van der Waals surface area contributed by atoms with Gasteiger partial charge in [0.25, 0.3) is 5.91 Å². The summed E-state index contributed by atoms with van der Waals surface area (Å²) >= 11 is 0. The van der Waals surface area contributed by atoms with Crippen LogP contribution in [0.2, 0.25) is 0 Å². The third kappa shape index (κ3) is 2.73. The van der Waals surface area contributed by atoms with Crippen LogP contribution >= 0.6 is 0 Å². The number of amides is 1. The first-order chi connectivity index (χ1) is 9.29. The highest BCUT2D eigenvalue weighted by molar-refractivity contribution is 5.95. The lowest BCUT2D eigenvalue weighted by atomic mass is 10.1. The third-order valence-electron chi connectivity index (χ3n) is 3.50. The van der Waals surface area contributed by atoms with E-state index in [9.17, 15) is 18.0 Å². The van der Waals surface area contributed by atoms with E-state index in [2.05, 4.69) is 10.6 Å². The molecule has 110 valence electrons. The van der Waals surface area contributed by atoms with Crippen LogP contribution in [0.25, 0.3) is 0 Å². The van der Waals surface area contributed by atoms with Gasteiger partial charge < -0.3 is 10.6 Å². The molecule has 3 nitrogen and oxygen atoms in total. The minimum Gasteiger partial charge on any atom is -0.385 e. The molecule has 2 N–H and O–H groups in total. The first-order valence-electron chi connectivity index (χ1n) is 6.53. The van der Waals surface area contributed by atoms with Crippen molar-refractivity contribution in [3.8, 4) is 0 Å². The van der Waals surface area contributed by atoms with Crippen LogP contribution in [0, 0.1) is 6.92 Å². The maximum atomic E-state index is 12.8. The molecule has 0 atom stereocenters. The van der Waals surface area contributed by atoms with Crippen LogP contribution < -0.4 is 10.6 Å². The highest BCUT2D eigenvalue weighted by Crippen LogP contribution is 2.49. The molecule has 1 saturated carbocycles. The minimum absolute atomic E-state index is 0.0449. The molecule has 0 bridgehead atoms. The first-order valence-corrected chi connectivity index (χ1v) is 6.53. The number of carbonyl (C=O) groups excluding carboxylic acids is 1. The Labute approximate surface area is 115 Å². The number of hydrogen-bond donors (Lipinski definition) is 2. The molecule has 0 unspecified atom stereocenters. The van der Waals surface area contributed by atoms with Crippen LogP contribution in [0.4, 0.5) is 18.9 Å². The molecule has 2 rings (SSSR count).